The van der Waals surface area contributed by atoms with E-state index >= 15 is 0 Å². The number of carboxylic acid groups (broad SMARTS) is 1. The number of hydrogen-bond donors (Lipinski definition) is 7. The fourth-order valence-corrected chi connectivity index (χ4v) is 3.25. The maximum Gasteiger partial charge on any atom is 0.332 e. The van der Waals surface area contributed by atoms with Gasteiger partial charge < -0.3 is 26.8 Å². The van der Waals surface area contributed by atoms with Crippen LogP contribution in [0.25, 0.3) is 0 Å². The maximum absolute atomic E-state index is 13.2. The van der Waals surface area contributed by atoms with Crippen molar-refractivity contribution in [2.24, 2.45) is 16.8 Å². The Balaban J connectivity index is 2.16. The smallest absolute Gasteiger partial charge is 0.332 e. The standard InChI is InChI=1S/C22H30N10O6/c1-12(2)18(21(37)25-14(10-17(33)34)11-24-30-22(23)38)27-20(36)15(8-9-16-28-31-32-29-16)26-19(35)13-6-4-3-5-7-13/h3-7,11-12,14-15,18H,8-10H2,1-2H3,(H,25,37)(H,26,35)(H,27,36)(H,33,34)(H3,23,30,38)(H,28,29,31,32)/b24-11+/t14-,15-,18-/m0/s1. The minimum Gasteiger partial charge on any atom is -0.481 e. The van der Waals surface area contributed by atoms with E-state index < -0.39 is 60.2 Å². The summed E-state index contributed by atoms with van der Waals surface area (Å²) < 4.78 is 0. The molecule has 16 nitrogen and oxygen atoms in total. The quantitative estimate of drug-likeness (QED) is 0.113. The SMILES string of the molecule is CC(C)[C@H](NC(=O)[C@H](CCc1nnn[nH]1)NC(=O)c1ccccc1)C(=O)N[C@H](/C=N/NC(N)=O)CC(=O)O. The number of urea groups is 1. The number of nitrogens with two attached hydrogens (primary N) is 1. The van der Waals surface area contributed by atoms with Gasteiger partial charge in [0, 0.05) is 18.2 Å². The number of aromatic amines is 1. The van der Waals surface area contributed by atoms with Crippen LogP contribution in [0.2, 0.25) is 0 Å². The van der Waals surface area contributed by atoms with E-state index in [0.717, 1.165) is 6.21 Å². The number of aliphatic carboxylic acids is 1. The molecule has 38 heavy (non-hydrogen) atoms. The zero-order valence-electron chi connectivity index (χ0n) is 20.7. The molecule has 0 aliphatic rings. The Bertz CT molecular complexity index is 1120. The Labute approximate surface area is 217 Å². The number of H-pyrrole nitrogens is 1. The molecule has 16 heteroatoms. The average molecular weight is 531 g/mol. The minimum atomic E-state index is -1.24. The van der Waals surface area contributed by atoms with Crippen LogP contribution in [0.1, 0.15) is 42.9 Å². The summed E-state index contributed by atoms with van der Waals surface area (Å²) >= 11 is 0. The van der Waals surface area contributed by atoms with Gasteiger partial charge in [-0.3, -0.25) is 19.2 Å². The number of hydrogen-bond acceptors (Lipinski definition) is 9. The highest BCUT2D eigenvalue weighted by Crippen LogP contribution is 2.08. The minimum absolute atomic E-state index is 0.112. The first-order chi connectivity index (χ1) is 18.1. The van der Waals surface area contributed by atoms with Gasteiger partial charge in [-0.2, -0.15) is 5.10 Å². The molecular formula is C22H30N10O6. The summed E-state index contributed by atoms with van der Waals surface area (Å²) in [6.45, 7) is 3.36. The number of tetrazole rings is 1. The molecule has 2 aromatic rings. The van der Waals surface area contributed by atoms with Crippen LogP contribution >= 0.6 is 0 Å². The number of benzene rings is 1. The van der Waals surface area contributed by atoms with E-state index in [9.17, 15) is 24.0 Å². The van der Waals surface area contributed by atoms with Crippen molar-refractivity contribution in [3.8, 4) is 0 Å². The first-order valence-electron chi connectivity index (χ1n) is 11.6. The third-order valence-electron chi connectivity index (χ3n) is 5.12. The van der Waals surface area contributed by atoms with E-state index in [1.807, 2.05) is 5.43 Å². The van der Waals surface area contributed by atoms with Crippen molar-refractivity contribution >= 4 is 35.9 Å². The van der Waals surface area contributed by atoms with E-state index in [1.54, 1.807) is 44.2 Å². The van der Waals surface area contributed by atoms with E-state index in [1.165, 1.54) is 0 Å². The summed E-state index contributed by atoms with van der Waals surface area (Å²) in [4.78, 5) is 61.0. The Kier molecular flexibility index (Phi) is 11.3. The molecule has 0 radical (unpaired) electrons. The number of aryl methyl sites for hydroxylation is 1. The highest BCUT2D eigenvalue weighted by atomic mass is 16.4. The van der Waals surface area contributed by atoms with Crippen LogP contribution in [-0.2, 0) is 20.8 Å². The second-order valence-corrected chi connectivity index (χ2v) is 8.48. The van der Waals surface area contributed by atoms with Crippen molar-refractivity contribution in [3.63, 3.8) is 0 Å². The van der Waals surface area contributed by atoms with Gasteiger partial charge in [-0.25, -0.2) is 15.3 Å². The first kappa shape index (κ1) is 29.3. The summed E-state index contributed by atoms with van der Waals surface area (Å²) in [5, 5.41) is 33.7. The number of primary amides is 1. The molecular weight excluding hydrogens is 500 g/mol. The Hall–Kier alpha value is -4.89. The van der Waals surface area contributed by atoms with Gasteiger partial charge in [-0.15, -0.1) is 5.10 Å². The molecule has 1 aromatic heterocycles. The first-order valence-corrected chi connectivity index (χ1v) is 11.6. The number of hydrazone groups is 1. The van der Waals surface area contributed by atoms with Crippen LogP contribution in [0.3, 0.4) is 0 Å². The maximum atomic E-state index is 13.2. The van der Waals surface area contributed by atoms with Gasteiger partial charge in [0.05, 0.1) is 12.5 Å². The molecule has 0 fully saturated rings. The van der Waals surface area contributed by atoms with Crippen molar-refractivity contribution < 1.29 is 29.1 Å². The highest BCUT2D eigenvalue weighted by molar-refractivity contribution is 5.98. The molecule has 0 unspecified atom stereocenters. The molecule has 204 valence electrons. The number of carbonyl (C=O) groups is 5. The normalized spacial score (nSPS) is 13.3. The molecule has 8 N–H and O–H groups in total. The number of carboxylic acids is 1. The van der Waals surface area contributed by atoms with Crippen molar-refractivity contribution in [2.45, 2.75) is 51.2 Å². The van der Waals surface area contributed by atoms with E-state index in [0.29, 0.717) is 11.4 Å². The Morgan fingerprint density at radius 1 is 1.08 bits per heavy atom. The van der Waals surface area contributed by atoms with Gasteiger partial charge in [0.2, 0.25) is 11.8 Å². The summed E-state index contributed by atoms with van der Waals surface area (Å²) in [7, 11) is 0. The predicted octanol–water partition coefficient (Wildman–Crippen LogP) is -1.31. The lowest BCUT2D eigenvalue weighted by Crippen LogP contribution is -2.57. The lowest BCUT2D eigenvalue weighted by Gasteiger charge is -2.26. The molecule has 1 aromatic carbocycles. The van der Waals surface area contributed by atoms with Gasteiger partial charge in [0.15, 0.2) is 0 Å². The number of rotatable bonds is 14. The zero-order chi connectivity index (χ0) is 28.1. The summed E-state index contributed by atoms with van der Waals surface area (Å²) in [5.41, 5.74) is 7.18. The highest BCUT2D eigenvalue weighted by Gasteiger charge is 2.30. The summed E-state index contributed by atoms with van der Waals surface area (Å²) in [5.74, 6) is -3.10. The number of nitrogens with zero attached hydrogens (tertiary/aromatic N) is 4. The van der Waals surface area contributed by atoms with Crippen LogP contribution in [0.5, 0.6) is 0 Å². The van der Waals surface area contributed by atoms with Crippen molar-refractivity contribution in [1.29, 1.82) is 0 Å². The van der Waals surface area contributed by atoms with Gasteiger partial charge in [0.25, 0.3) is 5.91 Å². The van der Waals surface area contributed by atoms with Gasteiger partial charge in [-0.1, -0.05) is 32.0 Å². The van der Waals surface area contributed by atoms with Gasteiger partial charge in [0.1, 0.15) is 17.9 Å². The molecule has 0 saturated carbocycles. The van der Waals surface area contributed by atoms with Crippen molar-refractivity contribution in [3.05, 3.63) is 41.7 Å². The number of carbonyl (C=O) groups excluding carboxylic acids is 4. The molecule has 0 aliphatic carbocycles. The fourth-order valence-electron chi connectivity index (χ4n) is 3.25. The predicted molar refractivity (Wildman–Crippen MR) is 132 cm³/mol. The Morgan fingerprint density at radius 3 is 2.37 bits per heavy atom. The lowest BCUT2D eigenvalue weighted by atomic mass is 10.0. The molecule has 3 atom stereocenters. The third-order valence-corrected chi connectivity index (χ3v) is 5.12. The second-order valence-electron chi connectivity index (χ2n) is 8.48. The number of aromatic nitrogens is 4. The van der Waals surface area contributed by atoms with Gasteiger partial charge >= 0.3 is 12.0 Å². The molecule has 5 amide bonds. The third kappa shape index (κ3) is 10.00. The monoisotopic (exact) mass is 530 g/mol. The summed E-state index contributed by atoms with van der Waals surface area (Å²) in [6.07, 6.45) is 0.795. The average Bonchev–Trinajstić information content (AvgIpc) is 3.38. The van der Waals surface area contributed by atoms with Crippen LogP contribution in [0.4, 0.5) is 4.79 Å². The van der Waals surface area contributed by atoms with Crippen LogP contribution in [-0.4, -0.2) is 79.8 Å². The molecule has 1 heterocycles. The van der Waals surface area contributed by atoms with Crippen molar-refractivity contribution in [2.75, 3.05) is 0 Å². The number of nitrogens with one attached hydrogen (secondary N) is 5. The molecule has 0 aliphatic heterocycles. The van der Waals surface area contributed by atoms with Crippen LogP contribution in [0, 0.1) is 5.92 Å². The summed E-state index contributed by atoms with van der Waals surface area (Å²) in [6, 6.07) is 4.04. The lowest BCUT2D eigenvalue weighted by molar-refractivity contribution is -0.137. The molecule has 0 saturated heterocycles. The van der Waals surface area contributed by atoms with Crippen LogP contribution < -0.4 is 27.1 Å². The Morgan fingerprint density at radius 2 is 1.79 bits per heavy atom. The zero-order valence-corrected chi connectivity index (χ0v) is 20.7. The van der Waals surface area contributed by atoms with Crippen LogP contribution in [0.15, 0.2) is 35.4 Å². The second kappa shape index (κ2) is 14.6. The van der Waals surface area contributed by atoms with Crippen molar-refractivity contribution in [1.82, 2.24) is 42.0 Å². The van der Waals surface area contributed by atoms with E-state index in [4.69, 9.17) is 10.8 Å². The molecule has 0 spiro atoms. The van der Waals surface area contributed by atoms with E-state index in [-0.39, 0.29) is 12.8 Å². The van der Waals surface area contributed by atoms with Gasteiger partial charge in [-0.05, 0) is 34.9 Å². The van der Waals surface area contributed by atoms with E-state index in [2.05, 4.69) is 41.7 Å². The largest absolute Gasteiger partial charge is 0.481 e. The molecule has 0 bridgehead atoms. The fraction of sp³-hybridized carbons (Fsp3) is 0.409. The molecule has 2 rings (SSSR count). The number of amides is 5. The topological polar surface area (TPSA) is 247 Å².